The van der Waals surface area contributed by atoms with Gasteiger partial charge in [0.25, 0.3) is 0 Å². The van der Waals surface area contributed by atoms with Crippen molar-refractivity contribution in [3.05, 3.63) is 29.8 Å². The highest BCUT2D eigenvalue weighted by Gasteiger charge is 2.53. The normalized spacial score (nSPS) is 18.1. The van der Waals surface area contributed by atoms with E-state index in [1.807, 2.05) is 12.1 Å². The third kappa shape index (κ3) is 1.85. The Bertz CT molecular complexity index is 680. The average molecular weight is 289 g/mol. The molecule has 0 radical (unpaired) electrons. The van der Waals surface area contributed by atoms with E-state index < -0.39 is 14.8 Å². The molecule has 0 bridgehead atoms. The molecule has 0 spiro atoms. The first-order valence-electron chi connectivity index (χ1n) is 6.33. The average Bonchev–Trinajstić information content (AvgIpc) is 2.62. The number of sulfonamides is 1. The van der Waals surface area contributed by atoms with Gasteiger partial charge in [0, 0.05) is 19.9 Å². The molecule has 0 unspecified atom stereocenters. The van der Waals surface area contributed by atoms with E-state index in [2.05, 4.69) is 0 Å². The molecule has 1 aromatic carbocycles. The minimum atomic E-state index is -3.60. The largest absolute Gasteiger partial charge is 0.272 e. The fourth-order valence-corrected chi connectivity index (χ4v) is 4.94. The van der Waals surface area contributed by atoms with Crippen molar-refractivity contribution < 1.29 is 8.42 Å². The molecule has 0 atom stereocenters. The molecule has 1 aliphatic rings. The number of nitrogens with zero attached hydrogens (tertiary/aromatic N) is 3. The van der Waals surface area contributed by atoms with Crippen molar-refractivity contribution in [3.63, 3.8) is 0 Å². The van der Waals surface area contributed by atoms with Crippen molar-refractivity contribution in [2.75, 3.05) is 11.4 Å². The Morgan fingerprint density at radius 3 is 2.25 bits per heavy atom. The molecule has 0 fully saturated rings. The van der Waals surface area contributed by atoms with E-state index in [1.54, 1.807) is 24.3 Å². The molecule has 20 heavy (non-hydrogen) atoms. The maximum atomic E-state index is 12.8. The molecule has 0 saturated carbocycles. The van der Waals surface area contributed by atoms with Gasteiger partial charge in [0.05, 0.1) is 17.8 Å². The van der Waals surface area contributed by atoms with Gasteiger partial charge in [-0.15, -0.1) is 0 Å². The predicted octanol–water partition coefficient (Wildman–Crippen LogP) is 2.27. The summed E-state index contributed by atoms with van der Waals surface area (Å²) in [5, 5.41) is 17.7. The molecule has 0 aliphatic carbocycles. The van der Waals surface area contributed by atoms with Gasteiger partial charge in [-0.2, -0.15) is 10.5 Å². The standard InChI is InChI=1S/C14H15N3O2S/c1-17-13-7-3-2-6-12(13)14(8-4-10-15,9-5-11-16)20(17,18)19/h2-3,6-7H,4-5,8-9H2,1H3. The van der Waals surface area contributed by atoms with Crippen LogP contribution in [0.25, 0.3) is 0 Å². The molecule has 5 nitrogen and oxygen atoms in total. The topological polar surface area (TPSA) is 85.0 Å². The van der Waals surface area contributed by atoms with E-state index in [-0.39, 0.29) is 25.7 Å². The Hall–Kier alpha value is -2.05. The summed E-state index contributed by atoms with van der Waals surface area (Å²) in [6.07, 6.45) is 0.726. The van der Waals surface area contributed by atoms with E-state index in [0.29, 0.717) is 11.3 Å². The fourth-order valence-electron chi connectivity index (χ4n) is 2.83. The third-order valence-electron chi connectivity index (χ3n) is 3.87. The summed E-state index contributed by atoms with van der Waals surface area (Å²) in [4.78, 5) is 0. The Kier molecular flexibility index (Phi) is 3.69. The van der Waals surface area contributed by atoms with Crippen LogP contribution in [0.1, 0.15) is 31.2 Å². The highest BCUT2D eigenvalue weighted by atomic mass is 32.2. The number of benzene rings is 1. The zero-order valence-electron chi connectivity index (χ0n) is 11.2. The molecule has 0 amide bonds. The Morgan fingerprint density at radius 2 is 1.70 bits per heavy atom. The van der Waals surface area contributed by atoms with E-state index in [9.17, 15) is 8.42 Å². The Labute approximate surface area is 119 Å². The van der Waals surface area contributed by atoms with Gasteiger partial charge in [-0.05, 0) is 24.5 Å². The highest BCUT2D eigenvalue weighted by molar-refractivity contribution is 7.94. The number of hydrogen-bond donors (Lipinski definition) is 0. The molecule has 0 N–H and O–H groups in total. The predicted molar refractivity (Wildman–Crippen MR) is 75.1 cm³/mol. The molecule has 0 aromatic heterocycles. The van der Waals surface area contributed by atoms with Crippen molar-refractivity contribution >= 4 is 15.7 Å². The number of anilines is 1. The third-order valence-corrected chi connectivity index (χ3v) is 6.40. The van der Waals surface area contributed by atoms with Crippen molar-refractivity contribution in [1.82, 2.24) is 0 Å². The van der Waals surface area contributed by atoms with E-state index in [0.717, 1.165) is 0 Å². The molecule has 1 heterocycles. The maximum Gasteiger partial charge on any atom is 0.245 e. The van der Waals surface area contributed by atoms with Crippen molar-refractivity contribution in [3.8, 4) is 12.1 Å². The SMILES string of the molecule is CN1c2ccccc2C(CCC#N)(CCC#N)S1(=O)=O. The van der Waals surface area contributed by atoms with Gasteiger partial charge in [0.1, 0.15) is 4.75 Å². The van der Waals surface area contributed by atoms with Crippen LogP contribution >= 0.6 is 0 Å². The second-order valence-electron chi connectivity index (χ2n) is 4.80. The van der Waals surface area contributed by atoms with Crippen molar-refractivity contribution in [2.24, 2.45) is 0 Å². The summed E-state index contributed by atoms with van der Waals surface area (Å²) in [7, 11) is -2.08. The van der Waals surface area contributed by atoms with Crippen molar-refractivity contribution in [2.45, 2.75) is 30.4 Å². The molecular weight excluding hydrogens is 274 g/mol. The van der Waals surface area contributed by atoms with Crippen LogP contribution in [-0.4, -0.2) is 15.5 Å². The van der Waals surface area contributed by atoms with Crippen molar-refractivity contribution in [1.29, 1.82) is 10.5 Å². The minimum absolute atomic E-state index is 0.146. The lowest BCUT2D eigenvalue weighted by Crippen LogP contribution is -2.38. The summed E-state index contributed by atoms with van der Waals surface area (Å²) >= 11 is 0. The number of rotatable bonds is 4. The first kappa shape index (κ1) is 14.4. The lowest BCUT2D eigenvalue weighted by molar-refractivity contribution is 0.482. The molecule has 6 heteroatoms. The van der Waals surface area contributed by atoms with Crippen LogP contribution in [0.5, 0.6) is 0 Å². The van der Waals surface area contributed by atoms with Crippen LogP contribution in [-0.2, 0) is 14.8 Å². The van der Waals surface area contributed by atoms with Gasteiger partial charge in [-0.3, -0.25) is 4.31 Å². The lowest BCUT2D eigenvalue weighted by Gasteiger charge is -2.27. The number of nitriles is 2. The molecule has 1 aliphatic heterocycles. The van der Waals surface area contributed by atoms with Gasteiger partial charge in [-0.25, -0.2) is 8.42 Å². The van der Waals surface area contributed by atoms with E-state index in [1.165, 1.54) is 11.4 Å². The zero-order valence-corrected chi connectivity index (χ0v) is 12.0. The van der Waals surface area contributed by atoms with Gasteiger partial charge in [0.2, 0.25) is 10.0 Å². The summed E-state index contributed by atoms with van der Waals surface area (Å²) in [6.45, 7) is 0. The molecule has 2 rings (SSSR count). The second-order valence-corrected chi connectivity index (χ2v) is 7.08. The first-order valence-corrected chi connectivity index (χ1v) is 7.77. The zero-order chi connectivity index (χ0) is 14.8. The van der Waals surface area contributed by atoms with Gasteiger partial charge >= 0.3 is 0 Å². The smallest absolute Gasteiger partial charge is 0.245 e. The quantitative estimate of drug-likeness (QED) is 0.851. The molecule has 1 aromatic rings. The first-order chi connectivity index (χ1) is 9.51. The highest BCUT2D eigenvalue weighted by Crippen LogP contribution is 2.51. The molecular formula is C14H15N3O2S. The second kappa shape index (κ2) is 5.15. The van der Waals surface area contributed by atoms with Crippen LogP contribution in [0.4, 0.5) is 5.69 Å². The lowest BCUT2D eigenvalue weighted by atomic mass is 9.88. The van der Waals surface area contributed by atoms with Crippen LogP contribution in [0.3, 0.4) is 0 Å². The van der Waals surface area contributed by atoms with Crippen LogP contribution in [0.2, 0.25) is 0 Å². The van der Waals surface area contributed by atoms with Crippen LogP contribution in [0, 0.1) is 22.7 Å². The summed E-state index contributed by atoms with van der Waals surface area (Å²) in [5.41, 5.74) is 1.34. The summed E-state index contributed by atoms with van der Waals surface area (Å²) < 4.78 is 25.7. The fraction of sp³-hybridized carbons (Fsp3) is 0.429. The van der Waals surface area contributed by atoms with Gasteiger partial charge < -0.3 is 0 Å². The number of hydrogen-bond acceptors (Lipinski definition) is 4. The monoisotopic (exact) mass is 289 g/mol. The summed E-state index contributed by atoms with van der Waals surface area (Å²) in [5.74, 6) is 0. The van der Waals surface area contributed by atoms with E-state index in [4.69, 9.17) is 10.5 Å². The number of fused-ring (bicyclic) bond motifs is 1. The van der Waals surface area contributed by atoms with Crippen LogP contribution in [0.15, 0.2) is 24.3 Å². The van der Waals surface area contributed by atoms with Gasteiger partial charge in [-0.1, -0.05) is 18.2 Å². The maximum absolute atomic E-state index is 12.8. The number of para-hydroxylation sites is 1. The Balaban J connectivity index is 2.64. The van der Waals surface area contributed by atoms with Crippen LogP contribution < -0.4 is 4.31 Å². The molecule has 0 saturated heterocycles. The molecule has 104 valence electrons. The van der Waals surface area contributed by atoms with Gasteiger partial charge in [0.15, 0.2) is 0 Å². The minimum Gasteiger partial charge on any atom is -0.272 e. The Morgan fingerprint density at radius 1 is 1.15 bits per heavy atom. The van der Waals surface area contributed by atoms with E-state index >= 15 is 0 Å². The summed E-state index contributed by atoms with van der Waals surface area (Å²) in [6, 6.07) is 11.1.